The zero-order valence-corrected chi connectivity index (χ0v) is 15.2. The number of aromatic nitrogens is 2. The van der Waals surface area contributed by atoms with Crippen LogP contribution in [0.15, 0.2) is 35.3 Å². The molecule has 0 spiro atoms. The van der Waals surface area contributed by atoms with E-state index in [9.17, 15) is 14.7 Å². The standard InChI is InChI=1S/C19H22N4O4/c1-2-15-16(21-12-27-15)17(24)23-9-14-8-22(7-13-4-3-5-20-6-13)10-19(14,11-23)18(25)26/h3-6,12,14H,2,7-11H2,1H3,(H,25,26)/t14-,19-/m0/s1. The van der Waals surface area contributed by atoms with Gasteiger partial charge in [-0.05, 0) is 11.6 Å². The molecule has 2 saturated heterocycles. The number of nitrogens with zero attached hydrogens (tertiary/aromatic N) is 4. The van der Waals surface area contributed by atoms with Crippen molar-refractivity contribution in [2.24, 2.45) is 11.3 Å². The van der Waals surface area contributed by atoms with Crippen molar-refractivity contribution in [1.82, 2.24) is 19.8 Å². The number of hydrogen-bond donors (Lipinski definition) is 1. The van der Waals surface area contributed by atoms with Crippen LogP contribution in [-0.2, 0) is 17.8 Å². The fourth-order valence-electron chi connectivity index (χ4n) is 4.34. The third kappa shape index (κ3) is 2.99. The number of carboxylic acids is 1. The van der Waals surface area contributed by atoms with Gasteiger partial charge in [0.15, 0.2) is 12.1 Å². The number of aliphatic carboxylic acids is 1. The van der Waals surface area contributed by atoms with Crippen LogP contribution in [0.3, 0.4) is 0 Å². The van der Waals surface area contributed by atoms with Gasteiger partial charge in [-0.2, -0.15) is 0 Å². The van der Waals surface area contributed by atoms with Crippen LogP contribution in [-0.4, -0.2) is 62.9 Å². The van der Waals surface area contributed by atoms with E-state index in [1.807, 2.05) is 19.1 Å². The first-order valence-electron chi connectivity index (χ1n) is 9.10. The van der Waals surface area contributed by atoms with E-state index in [1.54, 1.807) is 17.3 Å². The van der Waals surface area contributed by atoms with Crippen LogP contribution in [0.5, 0.6) is 0 Å². The Bertz CT molecular complexity index is 852. The summed E-state index contributed by atoms with van der Waals surface area (Å²) in [6.45, 7) is 4.24. The number of hydrogen-bond acceptors (Lipinski definition) is 6. The number of amides is 1. The van der Waals surface area contributed by atoms with Gasteiger partial charge in [-0.25, -0.2) is 4.98 Å². The number of fused-ring (bicyclic) bond motifs is 1. The van der Waals surface area contributed by atoms with E-state index in [0.717, 1.165) is 5.56 Å². The number of likely N-dealkylation sites (tertiary alicyclic amines) is 2. The van der Waals surface area contributed by atoms with Gasteiger partial charge < -0.3 is 14.4 Å². The zero-order valence-electron chi connectivity index (χ0n) is 15.2. The van der Waals surface area contributed by atoms with Gasteiger partial charge in [0.1, 0.15) is 11.2 Å². The predicted octanol–water partition coefficient (Wildman–Crippen LogP) is 1.29. The number of carbonyl (C=O) groups is 2. The molecule has 2 fully saturated rings. The Morgan fingerprint density at radius 3 is 2.89 bits per heavy atom. The maximum atomic E-state index is 12.8. The van der Waals surface area contributed by atoms with Crippen molar-refractivity contribution in [3.8, 4) is 0 Å². The normalized spacial score (nSPS) is 24.9. The lowest BCUT2D eigenvalue weighted by atomic mass is 9.81. The van der Waals surface area contributed by atoms with Gasteiger partial charge in [0.25, 0.3) is 5.91 Å². The van der Waals surface area contributed by atoms with Gasteiger partial charge >= 0.3 is 5.97 Å². The molecule has 8 heteroatoms. The molecule has 0 bridgehead atoms. The molecule has 4 heterocycles. The highest BCUT2D eigenvalue weighted by Crippen LogP contribution is 2.43. The second kappa shape index (κ2) is 6.77. The molecular weight excluding hydrogens is 348 g/mol. The molecule has 2 aromatic heterocycles. The van der Waals surface area contributed by atoms with E-state index in [0.29, 0.717) is 44.1 Å². The lowest BCUT2D eigenvalue weighted by molar-refractivity contribution is -0.148. The number of pyridine rings is 1. The second-order valence-electron chi connectivity index (χ2n) is 7.35. The summed E-state index contributed by atoms with van der Waals surface area (Å²) in [5.41, 5.74) is 0.417. The highest BCUT2D eigenvalue weighted by molar-refractivity contribution is 5.94. The van der Waals surface area contributed by atoms with Crippen LogP contribution in [0, 0.1) is 11.3 Å². The van der Waals surface area contributed by atoms with Crippen LogP contribution >= 0.6 is 0 Å². The molecule has 8 nitrogen and oxygen atoms in total. The Kier molecular flexibility index (Phi) is 4.43. The molecule has 0 saturated carbocycles. The number of carboxylic acid groups (broad SMARTS) is 1. The summed E-state index contributed by atoms with van der Waals surface area (Å²) in [6.07, 6.45) is 5.36. The van der Waals surface area contributed by atoms with E-state index in [2.05, 4.69) is 14.9 Å². The highest BCUT2D eigenvalue weighted by atomic mass is 16.4. The van der Waals surface area contributed by atoms with Gasteiger partial charge in [-0.15, -0.1) is 0 Å². The van der Waals surface area contributed by atoms with Gasteiger partial charge in [0.05, 0.1) is 0 Å². The van der Waals surface area contributed by atoms with E-state index in [-0.39, 0.29) is 18.4 Å². The molecule has 142 valence electrons. The van der Waals surface area contributed by atoms with Gasteiger partial charge in [0.2, 0.25) is 0 Å². The fraction of sp³-hybridized carbons (Fsp3) is 0.474. The summed E-state index contributed by atoms with van der Waals surface area (Å²) in [5, 5.41) is 9.98. The summed E-state index contributed by atoms with van der Waals surface area (Å²) >= 11 is 0. The van der Waals surface area contributed by atoms with E-state index in [4.69, 9.17) is 4.42 Å². The van der Waals surface area contributed by atoms with Crippen molar-refractivity contribution in [3.63, 3.8) is 0 Å². The third-order valence-corrected chi connectivity index (χ3v) is 5.69. The molecule has 2 aliphatic rings. The maximum Gasteiger partial charge on any atom is 0.313 e. The Labute approximate surface area is 156 Å². The second-order valence-corrected chi connectivity index (χ2v) is 7.35. The maximum absolute atomic E-state index is 12.8. The van der Waals surface area contributed by atoms with Crippen LogP contribution in [0.2, 0.25) is 0 Å². The minimum absolute atomic E-state index is 0.104. The SMILES string of the molecule is CCc1ocnc1C(=O)N1C[C@@H]2CN(Cc3cccnc3)C[C@]2(C(=O)O)C1. The average Bonchev–Trinajstić information content (AvgIpc) is 3.34. The number of carbonyl (C=O) groups excluding carboxylic acids is 1. The first-order chi connectivity index (χ1) is 13.0. The van der Waals surface area contributed by atoms with Crippen molar-refractivity contribution in [3.05, 3.63) is 47.9 Å². The summed E-state index contributed by atoms with van der Waals surface area (Å²) in [7, 11) is 0. The summed E-state index contributed by atoms with van der Waals surface area (Å²) < 4.78 is 5.26. The zero-order chi connectivity index (χ0) is 19.0. The van der Waals surface area contributed by atoms with Crippen molar-refractivity contribution in [2.45, 2.75) is 19.9 Å². The monoisotopic (exact) mass is 370 g/mol. The number of rotatable bonds is 5. The third-order valence-electron chi connectivity index (χ3n) is 5.69. The largest absolute Gasteiger partial charge is 0.481 e. The lowest BCUT2D eigenvalue weighted by Crippen LogP contribution is -2.42. The summed E-state index contributed by atoms with van der Waals surface area (Å²) in [4.78, 5) is 36.9. The van der Waals surface area contributed by atoms with Crippen LogP contribution < -0.4 is 0 Å². The molecule has 2 atom stereocenters. The molecule has 1 amide bonds. The molecule has 0 aromatic carbocycles. The highest BCUT2D eigenvalue weighted by Gasteiger charge is 2.58. The van der Waals surface area contributed by atoms with E-state index < -0.39 is 11.4 Å². The molecule has 2 aromatic rings. The van der Waals surface area contributed by atoms with Crippen LogP contribution in [0.25, 0.3) is 0 Å². The smallest absolute Gasteiger partial charge is 0.313 e. The van der Waals surface area contributed by atoms with Crippen molar-refractivity contribution >= 4 is 11.9 Å². The summed E-state index contributed by atoms with van der Waals surface area (Å²) in [6, 6.07) is 3.87. The minimum atomic E-state index is -0.937. The Morgan fingerprint density at radius 2 is 2.22 bits per heavy atom. The molecule has 0 radical (unpaired) electrons. The molecule has 2 aliphatic heterocycles. The van der Waals surface area contributed by atoms with Crippen molar-refractivity contribution in [2.75, 3.05) is 26.2 Å². The van der Waals surface area contributed by atoms with Crippen molar-refractivity contribution < 1.29 is 19.1 Å². The predicted molar refractivity (Wildman–Crippen MR) is 94.9 cm³/mol. The molecule has 0 aliphatic carbocycles. The van der Waals surface area contributed by atoms with Crippen LogP contribution in [0.4, 0.5) is 0 Å². The fourth-order valence-corrected chi connectivity index (χ4v) is 4.34. The number of oxazole rings is 1. The molecule has 27 heavy (non-hydrogen) atoms. The molecule has 0 unspecified atom stereocenters. The van der Waals surface area contributed by atoms with Gasteiger partial charge in [0, 0.05) is 57.5 Å². The quantitative estimate of drug-likeness (QED) is 0.846. The Hall–Kier alpha value is -2.74. The first-order valence-corrected chi connectivity index (χ1v) is 9.10. The number of aryl methyl sites for hydroxylation is 1. The van der Waals surface area contributed by atoms with Gasteiger partial charge in [-0.3, -0.25) is 19.5 Å². The summed E-state index contributed by atoms with van der Waals surface area (Å²) in [5.74, 6) is -0.644. The van der Waals surface area contributed by atoms with Crippen LogP contribution in [0.1, 0.15) is 28.7 Å². The topological polar surface area (TPSA) is 99.8 Å². The molecule has 1 N–H and O–H groups in total. The average molecular weight is 370 g/mol. The lowest BCUT2D eigenvalue weighted by Gasteiger charge is -2.25. The first kappa shape index (κ1) is 17.7. The Balaban J connectivity index is 1.51. The van der Waals surface area contributed by atoms with Gasteiger partial charge in [-0.1, -0.05) is 13.0 Å². The minimum Gasteiger partial charge on any atom is -0.481 e. The van der Waals surface area contributed by atoms with E-state index >= 15 is 0 Å². The molecule has 4 rings (SSSR count). The van der Waals surface area contributed by atoms with E-state index in [1.165, 1.54) is 6.39 Å². The Morgan fingerprint density at radius 1 is 1.37 bits per heavy atom. The van der Waals surface area contributed by atoms with Crippen molar-refractivity contribution in [1.29, 1.82) is 0 Å². The molecular formula is C19H22N4O4.